The molecule has 2 heterocycles. The van der Waals surface area contributed by atoms with Crippen LogP contribution in [0.4, 0.5) is 0 Å². The van der Waals surface area contributed by atoms with E-state index in [9.17, 15) is 4.79 Å². The lowest BCUT2D eigenvalue weighted by Crippen LogP contribution is -2.35. The zero-order chi connectivity index (χ0) is 18.8. The van der Waals surface area contributed by atoms with E-state index in [1.165, 1.54) is 0 Å². The monoisotopic (exact) mass is 387 g/mol. The molecule has 4 rings (SSSR count). The van der Waals surface area contributed by atoms with Gasteiger partial charge in [0.2, 0.25) is 6.79 Å². The Labute approximate surface area is 163 Å². The van der Waals surface area contributed by atoms with Crippen molar-refractivity contribution in [1.82, 2.24) is 4.90 Å². The van der Waals surface area contributed by atoms with Gasteiger partial charge in [-0.25, -0.2) is 0 Å². The molecule has 0 bridgehead atoms. The number of hydrogen-bond acceptors (Lipinski definition) is 5. The number of benzene rings is 2. The highest BCUT2D eigenvalue weighted by atomic mass is 35.5. The van der Waals surface area contributed by atoms with Gasteiger partial charge in [-0.1, -0.05) is 11.6 Å². The number of ether oxygens (including phenoxy) is 3. The van der Waals surface area contributed by atoms with Crippen molar-refractivity contribution in [2.45, 2.75) is 19.4 Å². The maximum absolute atomic E-state index is 12.7. The predicted molar refractivity (Wildman–Crippen MR) is 103 cm³/mol. The van der Waals surface area contributed by atoms with Gasteiger partial charge in [0.1, 0.15) is 5.75 Å². The van der Waals surface area contributed by atoms with Gasteiger partial charge in [0.05, 0.1) is 12.1 Å². The number of nitrogens with zero attached hydrogens (tertiary/aromatic N) is 1. The molecule has 142 valence electrons. The average Bonchev–Trinajstić information content (AvgIpc) is 3.17. The van der Waals surface area contributed by atoms with Gasteiger partial charge < -0.3 is 14.2 Å². The summed E-state index contributed by atoms with van der Waals surface area (Å²) in [6, 6.07) is 11.3. The fourth-order valence-electron chi connectivity index (χ4n) is 3.71. The van der Waals surface area contributed by atoms with E-state index in [1.807, 2.05) is 36.4 Å². The normalized spacial score (nSPS) is 17.1. The van der Waals surface area contributed by atoms with Crippen LogP contribution < -0.4 is 14.2 Å². The van der Waals surface area contributed by atoms with Crippen molar-refractivity contribution < 1.29 is 19.0 Å². The zero-order valence-electron chi connectivity index (χ0n) is 15.2. The maximum atomic E-state index is 12.7. The first-order valence-corrected chi connectivity index (χ1v) is 9.50. The zero-order valence-corrected chi connectivity index (χ0v) is 16.0. The van der Waals surface area contributed by atoms with Crippen LogP contribution in [-0.4, -0.2) is 37.7 Å². The van der Waals surface area contributed by atoms with Crippen LogP contribution in [0.1, 0.15) is 28.8 Å². The van der Waals surface area contributed by atoms with E-state index in [0.717, 1.165) is 49.4 Å². The van der Waals surface area contributed by atoms with Crippen LogP contribution >= 0.6 is 11.6 Å². The van der Waals surface area contributed by atoms with Crippen molar-refractivity contribution in [2.75, 3.05) is 27.0 Å². The Morgan fingerprint density at radius 2 is 1.93 bits per heavy atom. The van der Waals surface area contributed by atoms with Gasteiger partial charge in [-0.3, -0.25) is 9.69 Å². The molecule has 0 spiro atoms. The molecule has 2 aliphatic heterocycles. The van der Waals surface area contributed by atoms with Crippen LogP contribution in [0.25, 0.3) is 0 Å². The molecule has 0 N–H and O–H groups in total. The molecule has 0 aliphatic carbocycles. The van der Waals surface area contributed by atoms with Crippen LogP contribution in [0.2, 0.25) is 5.02 Å². The molecule has 2 aromatic carbocycles. The van der Waals surface area contributed by atoms with Crippen LogP contribution in [-0.2, 0) is 6.54 Å². The van der Waals surface area contributed by atoms with Gasteiger partial charge in [-0.05, 0) is 67.9 Å². The smallest absolute Gasteiger partial charge is 0.231 e. The van der Waals surface area contributed by atoms with Gasteiger partial charge in [-0.15, -0.1) is 0 Å². The number of piperidine rings is 1. The van der Waals surface area contributed by atoms with Crippen LogP contribution in [0.5, 0.6) is 17.2 Å². The summed E-state index contributed by atoms with van der Waals surface area (Å²) < 4.78 is 16.0. The third-order valence-electron chi connectivity index (χ3n) is 5.23. The minimum absolute atomic E-state index is 0.0787. The minimum Gasteiger partial charge on any atom is -0.497 e. The van der Waals surface area contributed by atoms with Gasteiger partial charge in [0.25, 0.3) is 0 Å². The Morgan fingerprint density at radius 1 is 1.19 bits per heavy atom. The molecule has 1 fully saturated rings. The fourth-order valence-corrected chi connectivity index (χ4v) is 4.00. The van der Waals surface area contributed by atoms with Crippen LogP contribution in [0.3, 0.4) is 0 Å². The molecule has 27 heavy (non-hydrogen) atoms. The molecule has 6 heteroatoms. The highest BCUT2D eigenvalue weighted by Crippen LogP contribution is 2.40. The summed E-state index contributed by atoms with van der Waals surface area (Å²) in [5, 5.41) is 0.588. The van der Waals surface area contributed by atoms with E-state index in [-0.39, 0.29) is 18.5 Å². The number of methoxy groups -OCH3 is 1. The van der Waals surface area contributed by atoms with Gasteiger partial charge in [0.15, 0.2) is 17.3 Å². The van der Waals surface area contributed by atoms with Crippen molar-refractivity contribution in [1.29, 1.82) is 0 Å². The summed E-state index contributed by atoms with van der Waals surface area (Å²) in [4.78, 5) is 15.1. The van der Waals surface area contributed by atoms with Crippen molar-refractivity contribution in [3.05, 3.63) is 52.5 Å². The Bertz CT molecular complexity index is 829. The van der Waals surface area contributed by atoms with Crippen molar-refractivity contribution in [3.8, 4) is 17.2 Å². The first-order chi connectivity index (χ1) is 13.1. The minimum atomic E-state index is 0.0787. The standard InChI is InChI=1S/C21H22ClNO4/c1-25-17-4-2-15(3-5-17)20(24)16-6-8-23(9-7-16)12-14-10-18(22)21-19(11-14)26-13-27-21/h2-5,10-11,16H,6-9,12-13H2,1H3. The Kier molecular flexibility index (Phi) is 5.23. The average molecular weight is 388 g/mol. The number of halogens is 1. The third-order valence-corrected chi connectivity index (χ3v) is 5.51. The van der Waals surface area contributed by atoms with E-state index in [1.54, 1.807) is 7.11 Å². The lowest BCUT2D eigenvalue weighted by molar-refractivity contribution is 0.0835. The first kappa shape index (κ1) is 18.1. The summed E-state index contributed by atoms with van der Waals surface area (Å²) in [6.45, 7) is 2.79. The number of fused-ring (bicyclic) bond motifs is 1. The summed E-state index contributed by atoms with van der Waals surface area (Å²) in [6.07, 6.45) is 1.73. The molecule has 2 aromatic rings. The van der Waals surface area contributed by atoms with Crippen molar-refractivity contribution >= 4 is 17.4 Å². The number of ketones is 1. The lowest BCUT2D eigenvalue weighted by Gasteiger charge is -2.31. The number of Topliss-reactive ketones (excluding diaryl/α,β-unsaturated/α-hetero) is 1. The number of carbonyl (C=O) groups is 1. The highest BCUT2D eigenvalue weighted by molar-refractivity contribution is 6.32. The molecule has 0 saturated carbocycles. The van der Waals surface area contributed by atoms with Crippen LogP contribution in [0.15, 0.2) is 36.4 Å². The van der Waals surface area contributed by atoms with E-state index < -0.39 is 0 Å². The van der Waals surface area contributed by atoms with E-state index >= 15 is 0 Å². The summed E-state index contributed by atoms with van der Waals surface area (Å²) >= 11 is 6.27. The second kappa shape index (κ2) is 7.79. The SMILES string of the molecule is COc1ccc(C(=O)C2CCN(Cc3cc(Cl)c4c(c3)OCO4)CC2)cc1. The summed E-state index contributed by atoms with van der Waals surface area (Å²) in [5.74, 6) is 2.41. The lowest BCUT2D eigenvalue weighted by atomic mass is 9.88. The molecular weight excluding hydrogens is 366 g/mol. The highest BCUT2D eigenvalue weighted by Gasteiger charge is 2.26. The predicted octanol–water partition coefficient (Wildman–Crippen LogP) is 4.17. The molecule has 0 radical (unpaired) electrons. The second-order valence-corrected chi connectivity index (χ2v) is 7.36. The molecule has 0 amide bonds. The summed E-state index contributed by atoms with van der Waals surface area (Å²) in [7, 11) is 1.62. The summed E-state index contributed by atoms with van der Waals surface area (Å²) in [5.41, 5.74) is 1.86. The molecular formula is C21H22ClNO4. The van der Waals surface area contributed by atoms with Crippen molar-refractivity contribution in [3.63, 3.8) is 0 Å². The Hall–Kier alpha value is -2.24. The molecule has 5 nitrogen and oxygen atoms in total. The second-order valence-electron chi connectivity index (χ2n) is 6.95. The molecule has 0 atom stereocenters. The molecule has 0 aromatic heterocycles. The molecule has 0 unspecified atom stereocenters. The quantitative estimate of drug-likeness (QED) is 0.720. The number of rotatable bonds is 5. The van der Waals surface area contributed by atoms with E-state index in [2.05, 4.69) is 4.90 Å². The molecule has 1 saturated heterocycles. The fraction of sp³-hybridized carbons (Fsp3) is 0.381. The number of carbonyl (C=O) groups excluding carboxylic acids is 1. The third kappa shape index (κ3) is 3.89. The van der Waals surface area contributed by atoms with Gasteiger partial charge >= 0.3 is 0 Å². The maximum Gasteiger partial charge on any atom is 0.231 e. The Morgan fingerprint density at radius 3 is 2.63 bits per heavy atom. The number of hydrogen-bond donors (Lipinski definition) is 0. The van der Waals surface area contributed by atoms with E-state index in [4.69, 9.17) is 25.8 Å². The topological polar surface area (TPSA) is 48.0 Å². The van der Waals surface area contributed by atoms with Gasteiger partial charge in [0, 0.05) is 18.0 Å². The number of likely N-dealkylation sites (tertiary alicyclic amines) is 1. The molecule has 2 aliphatic rings. The van der Waals surface area contributed by atoms with Crippen molar-refractivity contribution in [2.24, 2.45) is 5.92 Å². The first-order valence-electron chi connectivity index (χ1n) is 9.12. The Balaban J connectivity index is 1.35. The largest absolute Gasteiger partial charge is 0.497 e. The van der Waals surface area contributed by atoms with Crippen LogP contribution in [0, 0.1) is 5.92 Å². The van der Waals surface area contributed by atoms with Gasteiger partial charge in [-0.2, -0.15) is 0 Å². The van der Waals surface area contributed by atoms with E-state index in [0.29, 0.717) is 16.5 Å².